The van der Waals surface area contributed by atoms with Crippen LogP contribution in [0.3, 0.4) is 0 Å². The average Bonchev–Trinajstić information content (AvgIpc) is 2.55. The molecule has 0 aliphatic rings. The first-order valence-electron chi connectivity index (χ1n) is 5.02. The fourth-order valence-electron chi connectivity index (χ4n) is 1.76. The maximum absolute atomic E-state index is 11.7. The Morgan fingerprint density at radius 3 is 2.62 bits per heavy atom. The van der Waals surface area contributed by atoms with Gasteiger partial charge in [0.05, 0.1) is 5.69 Å². The molecule has 0 aliphatic heterocycles. The Kier molecular flexibility index (Phi) is 2.34. The molecular formula is C12H12N2O2. The third-order valence-corrected chi connectivity index (χ3v) is 2.55. The van der Waals surface area contributed by atoms with E-state index in [0.717, 1.165) is 11.2 Å². The molecular weight excluding hydrogens is 204 g/mol. The summed E-state index contributed by atoms with van der Waals surface area (Å²) < 4.78 is 1.67. The highest BCUT2D eigenvalue weighted by molar-refractivity contribution is 6.42. The third-order valence-electron chi connectivity index (χ3n) is 2.55. The minimum absolute atomic E-state index is 0.367. The van der Waals surface area contributed by atoms with Crippen molar-refractivity contribution in [2.24, 2.45) is 0 Å². The molecule has 0 unspecified atom stereocenters. The molecule has 0 radical (unpaired) electrons. The van der Waals surface area contributed by atoms with Crippen molar-refractivity contribution in [1.82, 2.24) is 9.38 Å². The summed E-state index contributed by atoms with van der Waals surface area (Å²) in [5.41, 5.74) is 2.67. The monoisotopic (exact) mass is 216 g/mol. The van der Waals surface area contributed by atoms with Crippen molar-refractivity contribution in [3.8, 4) is 0 Å². The van der Waals surface area contributed by atoms with Gasteiger partial charge in [0.15, 0.2) is 0 Å². The first-order valence-corrected chi connectivity index (χ1v) is 5.02. The lowest BCUT2D eigenvalue weighted by Gasteiger charge is -2.00. The standard InChI is InChI=1S/C12H12N2O2/c1-7-5-4-6-14-10(11(16)9(3)15)8(2)13-12(7)14/h4-6H,1-3H3. The van der Waals surface area contributed by atoms with Gasteiger partial charge in [0.2, 0.25) is 11.6 Å². The van der Waals surface area contributed by atoms with Crippen molar-refractivity contribution in [3.63, 3.8) is 0 Å². The van der Waals surface area contributed by atoms with Crippen molar-refractivity contribution in [1.29, 1.82) is 0 Å². The van der Waals surface area contributed by atoms with Gasteiger partial charge in [0.25, 0.3) is 0 Å². The molecule has 16 heavy (non-hydrogen) atoms. The summed E-state index contributed by atoms with van der Waals surface area (Å²) in [6.07, 6.45) is 1.75. The maximum atomic E-state index is 11.7. The minimum Gasteiger partial charge on any atom is -0.296 e. The first-order chi connectivity index (χ1) is 7.52. The molecule has 4 heteroatoms. The number of hydrogen-bond acceptors (Lipinski definition) is 3. The van der Waals surface area contributed by atoms with Gasteiger partial charge >= 0.3 is 0 Å². The van der Waals surface area contributed by atoms with Crippen LogP contribution in [0.4, 0.5) is 0 Å². The van der Waals surface area contributed by atoms with E-state index in [9.17, 15) is 9.59 Å². The number of ketones is 2. The predicted octanol–water partition coefficient (Wildman–Crippen LogP) is 1.72. The quantitative estimate of drug-likeness (QED) is 0.567. The summed E-state index contributed by atoms with van der Waals surface area (Å²) in [7, 11) is 0. The fourth-order valence-corrected chi connectivity index (χ4v) is 1.76. The van der Waals surface area contributed by atoms with Crippen molar-refractivity contribution in [2.45, 2.75) is 20.8 Å². The molecule has 0 atom stereocenters. The van der Waals surface area contributed by atoms with Gasteiger partial charge in [-0.15, -0.1) is 0 Å². The second-order valence-corrected chi connectivity index (χ2v) is 3.82. The number of pyridine rings is 1. The smallest absolute Gasteiger partial charge is 0.246 e. The molecule has 0 aromatic carbocycles. The van der Waals surface area contributed by atoms with Crippen LogP contribution in [-0.4, -0.2) is 21.0 Å². The van der Waals surface area contributed by atoms with Crippen molar-refractivity contribution >= 4 is 17.2 Å². The highest BCUT2D eigenvalue weighted by atomic mass is 16.2. The van der Waals surface area contributed by atoms with Crippen molar-refractivity contribution < 1.29 is 9.59 Å². The van der Waals surface area contributed by atoms with Crippen LogP contribution < -0.4 is 0 Å². The zero-order valence-electron chi connectivity index (χ0n) is 9.44. The maximum Gasteiger partial charge on any atom is 0.246 e. The second-order valence-electron chi connectivity index (χ2n) is 3.82. The predicted molar refractivity (Wildman–Crippen MR) is 59.7 cm³/mol. The molecule has 2 aromatic heterocycles. The molecule has 4 nitrogen and oxygen atoms in total. The Labute approximate surface area is 92.9 Å². The molecule has 2 heterocycles. The number of carbonyl (C=O) groups excluding carboxylic acids is 2. The van der Waals surface area contributed by atoms with Gasteiger partial charge in [0.1, 0.15) is 11.3 Å². The van der Waals surface area contributed by atoms with E-state index in [4.69, 9.17) is 0 Å². The van der Waals surface area contributed by atoms with Crippen molar-refractivity contribution in [2.75, 3.05) is 0 Å². The molecule has 0 spiro atoms. The molecule has 2 rings (SSSR count). The van der Waals surface area contributed by atoms with Crippen LogP contribution >= 0.6 is 0 Å². The Morgan fingerprint density at radius 1 is 1.31 bits per heavy atom. The minimum atomic E-state index is -0.490. The third kappa shape index (κ3) is 1.43. The van der Waals surface area contributed by atoms with Gasteiger partial charge in [0, 0.05) is 13.1 Å². The Balaban J connectivity index is 2.80. The van der Waals surface area contributed by atoms with Crippen LogP contribution in [0, 0.1) is 13.8 Å². The second kappa shape index (κ2) is 3.56. The number of rotatable bonds is 2. The van der Waals surface area contributed by atoms with E-state index in [1.165, 1.54) is 6.92 Å². The number of aromatic nitrogens is 2. The van der Waals surface area contributed by atoms with Crippen LogP contribution in [0.5, 0.6) is 0 Å². The lowest BCUT2D eigenvalue weighted by atomic mass is 10.2. The Bertz CT molecular complexity index is 596. The molecule has 82 valence electrons. The summed E-state index contributed by atoms with van der Waals surface area (Å²) in [6, 6.07) is 3.75. The van der Waals surface area contributed by atoms with E-state index in [-0.39, 0.29) is 0 Å². The normalized spacial score (nSPS) is 10.7. The molecule has 0 saturated carbocycles. The van der Waals surface area contributed by atoms with Crippen LogP contribution in [0.25, 0.3) is 5.65 Å². The van der Waals surface area contributed by atoms with Gasteiger partial charge in [-0.1, -0.05) is 6.07 Å². The first kappa shape index (κ1) is 10.5. The molecule has 0 bridgehead atoms. The highest BCUT2D eigenvalue weighted by Gasteiger charge is 2.20. The average molecular weight is 216 g/mol. The zero-order chi connectivity index (χ0) is 11.9. The number of imidazole rings is 1. The van der Waals surface area contributed by atoms with Gasteiger partial charge in [-0.05, 0) is 25.5 Å². The van der Waals surface area contributed by atoms with Gasteiger partial charge < -0.3 is 0 Å². The molecule has 0 aliphatic carbocycles. The van der Waals surface area contributed by atoms with Gasteiger partial charge in [-0.2, -0.15) is 0 Å². The van der Waals surface area contributed by atoms with E-state index in [2.05, 4.69) is 4.98 Å². The van der Waals surface area contributed by atoms with E-state index in [1.807, 2.05) is 19.1 Å². The number of hydrogen-bond donors (Lipinski definition) is 0. The van der Waals surface area contributed by atoms with E-state index in [0.29, 0.717) is 11.4 Å². The number of aryl methyl sites for hydroxylation is 2. The van der Waals surface area contributed by atoms with Crippen molar-refractivity contribution in [3.05, 3.63) is 35.3 Å². The number of fused-ring (bicyclic) bond motifs is 1. The number of carbonyl (C=O) groups is 2. The summed E-state index contributed by atoms with van der Waals surface area (Å²) in [5.74, 6) is -0.956. The van der Waals surface area contributed by atoms with E-state index < -0.39 is 11.6 Å². The van der Waals surface area contributed by atoms with Crippen LogP contribution in [0.1, 0.15) is 28.7 Å². The summed E-state index contributed by atoms with van der Waals surface area (Å²) >= 11 is 0. The van der Waals surface area contributed by atoms with Gasteiger partial charge in [-0.25, -0.2) is 4.98 Å². The Morgan fingerprint density at radius 2 is 2.00 bits per heavy atom. The SMILES string of the molecule is CC(=O)C(=O)c1c(C)nc2c(C)cccn12. The summed E-state index contributed by atoms with van der Waals surface area (Å²) in [6.45, 7) is 4.93. The summed E-state index contributed by atoms with van der Waals surface area (Å²) in [5, 5.41) is 0. The van der Waals surface area contributed by atoms with E-state index >= 15 is 0 Å². The van der Waals surface area contributed by atoms with Crippen LogP contribution in [0.15, 0.2) is 18.3 Å². The van der Waals surface area contributed by atoms with Crippen LogP contribution in [-0.2, 0) is 4.79 Å². The fraction of sp³-hybridized carbons (Fsp3) is 0.250. The van der Waals surface area contributed by atoms with E-state index in [1.54, 1.807) is 17.5 Å². The molecule has 0 amide bonds. The lowest BCUT2D eigenvalue weighted by Crippen LogP contribution is -2.13. The topological polar surface area (TPSA) is 51.4 Å². The molecule has 0 saturated heterocycles. The molecule has 0 fully saturated rings. The van der Waals surface area contributed by atoms with Gasteiger partial charge in [-0.3, -0.25) is 14.0 Å². The lowest BCUT2D eigenvalue weighted by molar-refractivity contribution is -0.113. The number of nitrogens with zero attached hydrogens (tertiary/aromatic N) is 2. The summed E-state index contributed by atoms with van der Waals surface area (Å²) in [4.78, 5) is 27.2. The zero-order valence-corrected chi connectivity index (χ0v) is 9.44. The Hall–Kier alpha value is -1.97. The largest absolute Gasteiger partial charge is 0.296 e. The highest BCUT2D eigenvalue weighted by Crippen LogP contribution is 2.15. The molecule has 0 N–H and O–H groups in total. The number of Topliss-reactive ketones (excluding diaryl/α,β-unsaturated/α-hetero) is 2. The van der Waals surface area contributed by atoms with Crippen LogP contribution in [0.2, 0.25) is 0 Å². The molecule has 2 aromatic rings.